The first-order valence-corrected chi connectivity index (χ1v) is 6.45. The number of nitrogens with one attached hydrogen (secondary N) is 2. The molecule has 100 valence electrons. The van der Waals surface area contributed by atoms with Crippen LogP contribution >= 0.6 is 0 Å². The highest BCUT2D eigenvalue weighted by atomic mass is 19.1. The van der Waals surface area contributed by atoms with Gasteiger partial charge in [-0.25, -0.2) is 9.18 Å². The molecule has 0 fully saturated rings. The van der Waals surface area contributed by atoms with Crippen LogP contribution in [0.1, 0.15) is 39.5 Å². The number of urea groups is 1. The lowest BCUT2D eigenvalue weighted by molar-refractivity contribution is 0.248. The maximum Gasteiger partial charge on any atom is 0.319 e. The second kappa shape index (κ2) is 7.69. The van der Waals surface area contributed by atoms with E-state index in [0.29, 0.717) is 0 Å². The Balaban J connectivity index is 2.35. The third-order valence-electron chi connectivity index (χ3n) is 2.74. The van der Waals surface area contributed by atoms with Crippen LogP contribution < -0.4 is 10.6 Å². The molecule has 0 aliphatic heterocycles. The Morgan fingerprint density at radius 3 is 2.72 bits per heavy atom. The normalized spacial score (nSPS) is 11.9. The van der Waals surface area contributed by atoms with E-state index in [0.717, 1.165) is 19.3 Å². The minimum absolute atomic E-state index is 0.100. The van der Waals surface area contributed by atoms with Crippen molar-refractivity contribution in [2.45, 2.75) is 45.6 Å². The first kappa shape index (κ1) is 14.5. The lowest BCUT2D eigenvalue weighted by atomic mass is 10.1. The van der Waals surface area contributed by atoms with Gasteiger partial charge in [0.2, 0.25) is 0 Å². The molecule has 2 N–H and O–H groups in total. The number of rotatable bonds is 6. The minimum Gasteiger partial charge on any atom is -0.335 e. The van der Waals surface area contributed by atoms with Crippen LogP contribution in [-0.4, -0.2) is 12.1 Å². The molecule has 1 aromatic rings. The van der Waals surface area contributed by atoms with E-state index in [-0.39, 0.29) is 17.8 Å². The van der Waals surface area contributed by atoms with Crippen molar-refractivity contribution in [3.8, 4) is 0 Å². The SMILES string of the molecule is CCCCCC(C)NC(=O)Nc1ccccc1F. The summed E-state index contributed by atoms with van der Waals surface area (Å²) in [5.41, 5.74) is 0.204. The number of carbonyl (C=O) groups excluding carboxylic acids is 1. The Hall–Kier alpha value is -1.58. The van der Waals surface area contributed by atoms with Gasteiger partial charge in [0.05, 0.1) is 5.69 Å². The molecule has 3 nitrogen and oxygen atoms in total. The lowest BCUT2D eigenvalue weighted by Crippen LogP contribution is -2.36. The van der Waals surface area contributed by atoms with Gasteiger partial charge in [0.15, 0.2) is 0 Å². The predicted molar refractivity (Wildman–Crippen MR) is 72.2 cm³/mol. The molecular weight excluding hydrogens is 231 g/mol. The van der Waals surface area contributed by atoms with Crippen molar-refractivity contribution in [2.75, 3.05) is 5.32 Å². The first-order valence-electron chi connectivity index (χ1n) is 6.45. The van der Waals surface area contributed by atoms with Gasteiger partial charge in [-0.1, -0.05) is 38.3 Å². The molecule has 0 saturated carbocycles. The van der Waals surface area contributed by atoms with Crippen molar-refractivity contribution in [2.24, 2.45) is 0 Å². The quantitative estimate of drug-likeness (QED) is 0.740. The van der Waals surface area contributed by atoms with E-state index in [4.69, 9.17) is 0 Å². The number of anilines is 1. The first-order chi connectivity index (χ1) is 8.63. The summed E-state index contributed by atoms with van der Waals surface area (Å²) in [4.78, 5) is 11.6. The topological polar surface area (TPSA) is 41.1 Å². The van der Waals surface area contributed by atoms with E-state index >= 15 is 0 Å². The predicted octanol–water partition coefficient (Wildman–Crippen LogP) is 3.92. The van der Waals surface area contributed by atoms with Crippen LogP contribution in [0.2, 0.25) is 0 Å². The molecule has 2 amide bonds. The van der Waals surface area contributed by atoms with Crippen LogP contribution in [0.5, 0.6) is 0 Å². The van der Waals surface area contributed by atoms with Crippen LogP contribution in [0.15, 0.2) is 24.3 Å². The molecule has 1 atom stereocenters. The smallest absolute Gasteiger partial charge is 0.319 e. The second-order valence-electron chi connectivity index (χ2n) is 4.48. The Morgan fingerprint density at radius 2 is 2.06 bits per heavy atom. The van der Waals surface area contributed by atoms with Gasteiger partial charge < -0.3 is 10.6 Å². The molecular formula is C14H21FN2O. The molecule has 0 spiro atoms. The monoisotopic (exact) mass is 252 g/mol. The highest BCUT2D eigenvalue weighted by Crippen LogP contribution is 2.12. The Bertz CT molecular complexity index is 382. The Labute approximate surface area is 108 Å². The molecule has 0 aliphatic rings. The zero-order chi connectivity index (χ0) is 13.4. The van der Waals surface area contributed by atoms with Gasteiger partial charge in [0, 0.05) is 6.04 Å². The van der Waals surface area contributed by atoms with Crippen molar-refractivity contribution in [1.29, 1.82) is 0 Å². The molecule has 0 radical (unpaired) electrons. The maximum absolute atomic E-state index is 13.3. The number of benzene rings is 1. The van der Waals surface area contributed by atoms with E-state index in [1.54, 1.807) is 12.1 Å². The number of carbonyl (C=O) groups is 1. The van der Waals surface area contributed by atoms with Crippen LogP contribution in [0.25, 0.3) is 0 Å². The van der Waals surface area contributed by atoms with Crippen molar-refractivity contribution >= 4 is 11.7 Å². The standard InChI is InChI=1S/C14H21FN2O/c1-3-4-5-8-11(2)16-14(18)17-13-10-7-6-9-12(13)15/h6-7,9-11H,3-5,8H2,1-2H3,(H2,16,17,18). The summed E-state index contributed by atoms with van der Waals surface area (Å²) in [6.45, 7) is 4.10. The lowest BCUT2D eigenvalue weighted by Gasteiger charge is -2.14. The van der Waals surface area contributed by atoms with E-state index in [9.17, 15) is 9.18 Å². The van der Waals surface area contributed by atoms with Gasteiger partial charge in [-0.2, -0.15) is 0 Å². The summed E-state index contributed by atoms with van der Waals surface area (Å²) < 4.78 is 13.3. The number of amides is 2. The van der Waals surface area contributed by atoms with E-state index < -0.39 is 5.82 Å². The van der Waals surface area contributed by atoms with Crippen LogP contribution in [0.3, 0.4) is 0 Å². The van der Waals surface area contributed by atoms with Gasteiger partial charge >= 0.3 is 6.03 Å². The summed E-state index contributed by atoms with van der Waals surface area (Å²) >= 11 is 0. The summed E-state index contributed by atoms with van der Waals surface area (Å²) in [7, 11) is 0. The van der Waals surface area contributed by atoms with E-state index in [1.165, 1.54) is 18.6 Å². The van der Waals surface area contributed by atoms with Crippen molar-refractivity contribution < 1.29 is 9.18 Å². The highest BCUT2D eigenvalue weighted by molar-refractivity contribution is 5.89. The summed E-state index contributed by atoms with van der Waals surface area (Å²) in [5, 5.41) is 5.30. The largest absolute Gasteiger partial charge is 0.335 e. The molecule has 4 heteroatoms. The highest BCUT2D eigenvalue weighted by Gasteiger charge is 2.08. The zero-order valence-corrected chi connectivity index (χ0v) is 11.0. The van der Waals surface area contributed by atoms with Gasteiger partial charge in [0.1, 0.15) is 5.82 Å². The summed E-state index contributed by atoms with van der Waals surface area (Å²) in [5.74, 6) is -0.425. The van der Waals surface area contributed by atoms with E-state index in [2.05, 4.69) is 17.6 Å². The van der Waals surface area contributed by atoms with Crippen molar-refractivity contribution in [1.82, 2.24) is 5.32 Å². The molecule has 0 aliphatic carbocycles. The maximum atomic E-state index is 13.3. The number of unbranched alkanes of at least 4 members (excludes halogenated alkanes) is 2. The van der Waals surface area contributed by atoms with Crippen LogP contribution in [-0.2, 0) is 0 Å². The van der Waals surface area contributed by atoms with Gasteiger partial charge in [-0.3, -0.25) is 0 Å². The number of hydrogen-bond donors (Lipinski definition) is 2. The minimum atomic E-state index is -0.425. The number of hydrogen-bond acceptors (Lipinski definition) is 1. The van der Waals surface area contributed by atoms with Crippen LogP contribution in [0.4, 0.5) is 14.9 Å². The molecule has 0 bridgehead atoms. The zero-order valence-electron chi connectivity index (χ0n) is 11.0. The molecule has 0 heterocycles. The number of para-hydroxylation sites is 1. The Kier molecular flexibility index (Phi) is 6.19. The van der Waals surface area contributed by atoms with Gasteiger partial charge in [0.25, 0.3) is 0 Å². The Morgan fingerprint density at radius 1 is 1.33 bits per heavy atom. The fourth-order valence-corrected chi connectivity index (χ4v) is 1.72. The second-order valence-corrected chi connectivity index (χ2v) is 4.48. The number of halogens is 1. The molecule has 1 aromatic carbocycles. The average molecular weight is 252 g/mol. The van der Waals surface area contributed by atoms with Gasteiger partial charge in [-0.15, -0.1) is 0 Å². The molecule has 1 rings (SSSR count). The molecule has 18 heavy (non-hydrogen) atoms. The molecule has 0 aromatic heterocycles. The summed E-state index contributed by atoms with van der Waals surface area (Å²) in [6, 6.07) is 5.87. The summed E-state index contributed by atoms with van der Waals surface area (Å²) in [6.07, 6.45) is 4.37. The fourth-order valence-electron chi connectivity index (χ4n) is 1.72. The van der Waals surface area contributed by atoms with Crippen molar-refractivity contribution in [3.05, 3.63) is 30.1 Å². The third-order valence-corrected chi connectivity index (χ3v) is 2.74. The molecule has 1 unspecified atom stereocenters. The van der Waals surface area contributed by atoms with E-state index in [1.807, 2.05) is 6.92 Å². The fraction of sp³-hybridized carbons (Fsp3) is 0.500. The van der Waals surface area contributed by atoms with Crippen LogP contribution in [0, 0.1) is 5.82 Å². The molecule has 0 saturated heterocycles. The third kappa shape index (κ3) is 5.17. The van der Waals surface area contributed by atoms with Gasteiger partial charge in [-0.05, 0) is 25.5 Å². The average Bonchev–Trinajstić information content (AvgIpc) is 2.32. The van der Waals surface area contributed by atoms with Crippen molar-refractivity contribution in [3.63, 3.8) is 0 Å².